The molecule has 0 radical (unpaired) electrons. The van der Waals surface area contributed by atoms with Crippen molar-refractivity contribution in [3.63, 3.8) is 0 Å². The van der Waals surface area contributed by atoms with Gasteiger partial charge in [-0.3, -0.25) is 0 Å². The molecule has 0 saturated carbocycles. The van der Waals surface area contributed by atoms with Crippen molar-refractivity contribution in [2.45, 2.75) is 10.3 Å². The third-order valence-corrected chi connectivity index (χ3v) is 5.24. The first-order valence-corrected chi connectivity index (χ1v) is 7.58. The van der Waals surface area contributed by atoms with E-state index in [1.165, 1.54) is 33.0 Å². The second-order valence-electron chi connectivity index (χ2n) is 5.26. The van der Waals surface area contributed by atoms with E-state index in [0.717, 1.165) is 0 Å². The van der Waals surface area contributed by atoms with E-state index in [-0.39, 0.29) is 3.42 Å². The standard InChI is InChI=1S/C18H13I/c1-18(19)16-9-5-4-8-14(16)15-11-10-12-6-2-3-7-13(12)17(15)18/h2-11H,1H3. The Bertz CT molecular complexity index is 800. The zero-order chi connectivity index (χ0) is 13.0. The van der Waals surface area contributed by atoms with Crippen LogP contribution in [-0.2, 0) is 3.42 Å². The van der Waals surface area contributed by atoms with E-state index in [1.54, 1.807) is 0 Å². The quantitative estimate of drug-likeness (QED) is 0.368. The third-order valence-electron chi connectivity index (χ3n) is 4.12. The van der Waals surface area contributed by atoms with Crippen molar-refractivity contribution < 1.29 is 0 Å². The summed E-state index contributed by atoms with van der Waals surface area (Å²) in [5.41, 5.74) is 5.68. The molecule has 19 heavy (non-hydrogen) atoms. The minimum absolute atomic E-state index is 0.0601. The van der Waals surface area contributed by atoms with Gasteiger partial charge in [0.05, 0.1) is 3.42 Å². The molecule has 1 aliphatic carbocycles. The summed E-state index contributed by atoms with van der Waals surface area (Å²) in [7, 11) is 0. The lowest BCUT2D eigenvalue weighted by Crippen LogP contribution is -2.10. The van der Waals surface area contributed by atoms with Gasteiger partial charge < -0.3 is 0 Å². The van der Waals surface area contributed by atoms with Gasteiger partial charge in [0.1, 0.15) is 0 Å². The summed E-state index contributed by atoms with van der Waals surface area (Å²) < 4.78 is 0.0601. The van der Waals surface area contributed by atoms with Gasteiger partial charge in [0.25, 0.3) is 0 Å². The molecular formula is C18H13I. The van der Waals surface area contributed by atoms with Crippen molar-refractivity contribution in [1.29, 1.82) is 0 Å². The number of halogens is 1. The molecule has 0 amide bonds. The molecule has 0 spiro atoms. The maximum atomic E-state index is 2.60. The zero-order valence-corrected chi connectivity index (χ0v) is 12.8. The van der Waals surface area contributed by atoms with Crippen LogP contribution in [0.4, 0.5) is 0 Å². The number of benzene rings is 3. The predicted molar refractivity (Wildman–Crippen MR) is 89.9 cm³/mol. The van der Waals surface area contributed by atoms with Crippen LogP contribution in [0.3, 0.4) is 0 Å². The normalized spacial score (nSPS) is 20.3. The van der Waals surface area contributed by atoms with E-state index < -0.39 is 0 Å². The molecule has 92 valence electrons. The molecule has 1 aliphatic rings. The van der Waals surface area contributed by atoms with Crippen LogP contribution in [0.1, 0.15) is 18.1 Å². The number of fused-ring (bicyclic) bond motifs is 5. The molecule has 0 nitrogen and oxygen atoms in total. The molecule has 3 aromatic rings. The first-order valence-electron chi connectivity index (χ1n) is 6.50. The molecule has 3 aromatic carbocycles. The van der Waals surface area contributed by atoms with Crippen molar-refractivity contribution in [3.8, 4) is 11.1 Å². The minimum Gasteiger partial charge on any atom is -0.0686 e. The van der Waals surface area contributed by atoms with Crippen LogP contribution < -0.4 is 0 Å². The molecule has 0 saturated heterocycles. The monoisotopic (exact) mass is 356 g/mol. The van der Waals surface area contributed by atoms with Gasteiger partial charge in [-0.1, -0.05) is 83.3 Å². The van der Waals surface area contributed by atoms with Crippen molar-refractivity contribution in [2.75, 3.05) is 0 Å². The summed E-state index contributed by atoms with van der Waals surface area (Å²) in [6.07, 6.45) is 0. The molecule has 1 unspecified atom stereocenters. The first kappa shape index (κ1) is 11.5. The Morgan fingerprint density at radius 2 is 1.53 bits per heavy atom. The summed E-state index contributed by atoms with van der Waals surface area (Å²) in [5.74, 6) is 0. The van der Waals surface area contributed by atoms with Crippen LogP contribution in [0.5, 0.6) is 0 Å². The molecule has 0 aliphatic heterocycles. The highest BCUT2D eigenvalue weighted by Gasteiger charge is 2.37. The van der Waals surface area contributed by atoms with Gasteiger partial charge in [0.15, 0.2) is 0 Å². The van der Waals surface area contributed by atoms with Gasteiger partial charge in [-0.2, -0.15) is 0 Å². The van der Waals surface area contributed by atoms with Gasteiger partial charge in [-0.25, -0.2) is 0 Å². The second-order valence-corrected chi connectivity index (χ2v) is 7.42. The van der Waals surface area contributed by atoms with Gasteiger partial charge in [0.2, 0.25) is 0 Å². The fourth-order valence-corrected chi connectivity index (χ4v) is 4.32. The Kier molecular flexibility index (Phi) is 2.31. The molecule has 0 heterocycles. The molecule has 1 heteroatoms. The Morgan fingerprint density at radius 3 is 2.42 bits per heavy atom. The van der Waals surface area contributed by atoms with Crippen molar-refractivity contribution in [3.05, 3.63) is 71.8 Å². The van der Waals surface area contributed by atoms with Crippen LogP contribution in [0.15, 0.2) is 60.7 Å². The van der Waals surface area contributed by atoms with Crippen LogP contribution in [0, 0.1) is 0 Å². The lowest BCUT2D eigenvalue weighted by Gasteiger charge is -2.20. The Hall–Kier alpha value is -1.35. The lowest BCUT2D eigenvalue weighted by molar-refractivity contribution is 0.925. The Morgan fingerprint density at radius 1 is 0.789 bits per heavy atom. The van der Waals surface area contributed by atoms with Gasteiger partial charge in [0, 0.05) is 0 Å². The highest BCUT2D eigenvalue weighted by Crippen LogP contribution is 2.54. The van der Waals surface area contributed by atoms with Crippen LogP contribution in [0.25, 0.3) is 21.9 Å². The topological polar surface area (TPSA) is 0 Å². The number of hydrogen-bond donors (Lipinski definition) is 0. The average Bonchev–Trinajstić information content (AvgIpc) is 2.68. The number of alkyl halides is 1. The smallest absolute Gasteiger partial charge is 0.0686 e. The number of hydrogen-bond acceptors (Lipinski definition) is 0. The van der Waals surface area contributed by atoms with E-state index in [4.69, 9.17) is 0 Å². The summed E-state index contributed by atoms with van der Waals surface area (Å²) in [6, 6.07) is 22.0. The third kappa shape index (κ3) is 1.45. The van der Waals surface area contributed by atoms with Gasteiger partial charge in [-0.05, 0) is 39.9 Å². The fraction of sp³-hybridized carbons (Fsp3) is 0.111. The highest BCUT2D eigenvalue weighted by atomic mass is 127. The maximum Gasteiger partial charge on any atom is 0.0708 e. The van der Waals surface area contributed by atoms with Crippen LogP contribution in [-0.4, -0.2) is 0 Å². The maximum absolute atomic E-state index is 2.60. The van der Waals surface area contributed by atoms with Crippen LogP contribution in [0.2, 0.25) is 0 Å². The second kappa shape index (κ2) is 3.83. The molecule has 0 N–H and O–H groups in total. The zero-order valence-electron chi connectivity index (χ0n) is 10.7. The molecule has 1 atom stereocenters. The lowest BCUT2D eigenvalue weighted by atomic mass is 9.94. The predicted octanol–water partition coefficient (Wildman–Crippen LogP) is 5.52. The minimum atomic E-state index is 0.0601. The SMILES string of the molecule is CC1(I)c2ccccc2-c2ccc3ccccc3c21. The van der Waals surface area contributed by atoms with E-state index >= 15 is 0 Å². The Labute approximate surface area is 126 Å². The summed E-state index contributed by atoms with van der Waals surface area (Å²) in [6.45, 7) is 2.32. The van der Waals surface area contributed by atoms with Gasteiger partial charge in [-0.15, -0.1) is 0 Å². The number of rotatable bonds is 0. The summed E-state index contributed by atoms with van der Waals surface area (Å²) >= 11 is 2.60. The van der Waals surface area contributed by atoms with Crippen LogP contribution >= 0.6 is 22.6 Å². The summed E-state index contributed by atoms with van der Waals surface area (Å²) in [4.78, 5) is 0. The van der Waals surface area contributed by atoms with Crippen molar-refractivity contribution >= 4 is 33.4 Å². The summed E-state index contributed by atoms with van der Waals surface area (Å²) in [5, 5.41) is 2.71. The van der Waals surface area contributed by atoms with E-state index in [0.29, 0.717) is 0 Å². The molecule has 0 aromatic heterocycles. The largest absolute Gasteiger partial charge is 0.0708 e. The van der Waals surface area contributed by atoms with E-state index in [9.17, 15) is 0 Å². The molecule has 4 rings (SSSR count). The van der Waals surface area contributed by atoms with E-state index in [1.807, 2.05) is 0 Å². The fourth-order valence-electron chi connectivity index (χ4n) is 3.26. The molecule has 0 fully saturated rings. The van der Waals surface area contributed by atoms with E-state index in [2.05, 4.69) is 90.2 Å². The average molecular weight is 356 g/mol. The molecular weight excluding hydrogens is 343 g/mol. The molecule has 0 bridgehead atoms. The highest BCUT2D eigenvalue weighted by molar-refractivity contribution is 14.1. The first-order chi connectivity index (χ1) is 9.19. The van der Waals surface area contributed by atoms with Crippen molar-refractivity contribution in [2.24, 2.45) is 0 Å². The van der Waals surface area contributed by atoms with Crippen molar-refractivity contribution in [1.82, 2.24) is 0 Å². The Balaban J connectivity index is 2.20. The van der Waals surface area contributed by atoms with Gasteiger partial charge >= 0.3 is 0 Å².